The van der Waals surface area contributed by atoms with E-state index in [0.717, 1.165) is 0 Å². The van der Waals surface area contributed by atoms with Gasteiger partial charge in [0.25, 0.3) is 0 Å². The summed E-state index contributed by atoms with van der Waals surface area (Å²) in [6, 6.07) is 6.91. The van der Waals surface area contributed by atoms with Crippen LogP contribution in [0.2, 0.25) is 5.15 Å². The number of nitrogens with one attached hydrogen (secondary N) is 2. The second-order valence-electron chi connectivity index (χ2n) is 5.68. The molecule has 2 N–H and O–H groups in total. The van der Waals surface area contributed by atoms with Crippen molar-refractivity contribution in [3.63, 3.8) is 0 Å². The number of para-hydroxylation sites is 1. The SMILES string of the molecule is [2H]C([2H])([2H])NC(=O)Cc1nnc(Cl)cc1Nc1cccc(-c2cnn(CC)n2)c1OC. The number of anilines is 2. The Balaban J connectivity index is 1.94. The second-order valence-corrected chi connectivity index (χ2v) is 6.07. The average Bonchev–Trinajstić information content (AvgIpc) is 3.17. The van der Waals surface area contributed by atoms with Crippen molar-refractivity contribution in [3.05, 3.63) is 41.3 Å². The summed E-state index contributed by atoms with van der Waals surface area (Å²) in [7, 11) is 1.52. The minimum absolute atomic E-state index is 0.100. The predicted molar refractivity (Wildman–Crippen MR) is 106 cm³/mol. The molecule has 2 heterocycles. The predicted octanol–water partition coefficient (Wildman–Crippen LogP) is 2.45. The lowest BCUT2D eigenvalue weighted by molar-refractivity contribution is -0.120. The molecule has 0 spiro atoms. The fourth-order valence-electron chi connectivity index (χ4n) is 2.60. The fourth-order valence-corrected chi connectivity index (χ4v) is 2.75. The van der Waals surface area contributed by atoms with Crippen molar-refractivity contribution >= 4 is 28.9 Å². The Morgan fingerprint density at radius 1 is 1.36 bits per heavy atom. The van der Waals surface area contributed by atoms with E-state index in [1.807, 2.05) is 24.4 Å². The van der Waals surface area contributed by atoms with Crippen molar-refractivity contribution < 1.29 is 13.6 Å². The highest BCUT2D eigenvalue weighted by atomic mass is 35.5. The van der Waals surface area contributed by atoms with Crippen LogP contribution in [-0.2, 0) is 17.8 Å². The fraction of sp³-hybridized carbons (Fsp3) is 0.278. The van der Waals surface area contributed by atoms with Crippen molar-refractivity contribution in [2.75, 3.05) is 19.4 Å². The molecular formula is C18H20ClN7O2. The van der Waals surface area contributed by atoms with Gasteiger partial charge in [0.1, 0.15) is 5.69 Å². The maximum absolute atomic E-state index is 12.1. The lowest BCUT2D eigenvalue weighted by atomic mass is 10.1. The van der Waals surface area contributed by atoms with Gasteiger partial charge in [-0.1, -0.05) is 17.7 Å². The van der Waals surface area contributed by atoms with Gasteiger partial charge in [-0.3, -0.25) is 4.79 Å². The Morgan fingerprint density at radius 2 is 2.21 bits per heavy atom. The Morgan fingerprint density at radius 3 is 2.93 bits per heavy atom. The number of hydrogen-bond donors (Lipinski definition) is 2. The summed E-state index contributed by atoms with van der Waals surface area (Å²) in [6.45, 7) is -0.0375. The van der Waals surface area contributed by atoms with Crippen molar-refractivity contribution in [1.29, 1.82) is 0 Å². The highest BCUT2D eigenvalue weighted by Gasteiger charge is 2.17. The molecule has 0 saturated heterocycles. The van der Waals surface area contributed by atoms with Crippen LogP contribution in [0.5, 0.6) is 5.75 Å². The van der Waals surface area contributed by atoms with Gasteiger partial charge in [-0.15, -0.1) is 5.10 Å². The number of carbonyl (C=O) groups excluding carboxylic acids is 1. The summed E-state index contributed by atoms with van der Waals surface area (Å²) >= 11 is 5.99. The van der Waals surface area contributed by atoms with Gasteiger partial charge >= 0.3 is 0 Å². The molecule has 28 heavy (non-hydrogen) atoms. The van der Waals surface area contributed by atoms with E-state index < -0.39 is 12.9 Å². The number of benzene rings is 1. The second kappa shape index (κ2) is 8.66. The maximum atomic E-state index is 12.1. The van der Waals surface area contributed by atoms with Crippen molar-refractivity contribution in [1.82, 2.24) is 30.5 Å². The Kier molecular flexibility index (Phi) is 4.89. The number of likely N-dealkylation sites (N-methyl/N-ethyl adjacent to an activating group) is 1. The lowest BCUT2D eigenvalue weighted by Crippen LogP contribution is -2.21. The van der Waals surface area contributed by atoms with Crippen LogP contribution in [0.15, 0.2) is 30.5 Å². The van der Waals surface area contributed by atoms with E-state index >= 15 is 0 Å². The molecule has 1 aromatic carbocycles. The molecule has 3 aromatic rings. The van der Waals surface area contributed by atoms with E-state index in [9.17, 15) is 4.79 Å². The standard InChI is InChI=1S/C18H20ClN7O2/c1-4-26-21-10-15(25-26)11-6-5-7-12(18(11)28-3)22-13-8-16(19)24-23-14(13)9-17(27)20-2/h5-8,10H,4,9H2,1-3H3,(H,20,27)(H,22,24)/i2D3. The average molecular weight is 405 g/mol. The van der Waals surface area contributed by atoms with Crippen molar-refractivity contribution in [3.8, 4) is 17.0 Å². The first kappa shape index (κ1) is 15.8. The van der Waals surface area contributed by atoms with Gasteiger partial charge in [-0.25, -0.2) is 0 Å². The molecule has 0 atom stereocenters. The third kappa shape index (κ3) is 4.20. The minimum atomic E-state index is -2.60. The molecule has 2 aromatic heterocycles. The van der Waals surface area contributed by atoms with E-state index in [-0.39, 0.29) is 17.3 Å². The van der Waals surface area contributed by atoms with E-state index in [2.05, 4.69) is 25.7 Å². The van der Waals surface area contributed by atoms with E-state index in [1.54, 1.807) is 17.1 Å². The molecule has 1 amide bonds. The monoisotopic (exact) mass is 404 g/mol. The Hall–Kier alpha value is -3.20. The zero-order valence-electron chi connectivity index (χ0n) is 18.2. The molecule has 0 bridgehead atoms. The molecular weight excluding hydrogens is 382 g/mol. The first-order valence-electron chi connectivity index (χ1n) is 9.87. The molecule has 0 fully saturated rings. The summed E-state index contributed by atoms with van der Waals surface area (Å²) in [6.07, 6.45) is 1.33. The normalized spacial score (nSPS) is 12.6. The van der Waals surface area contributed by atoms with Crippen LogP contribution in [0.3, 0.4) is 0 Å². The third-order valence-electron chi connectivity index (χ3n) is 3.89. The van der Waals surface area contributed by atoms with Crippen LogP contribution in [-0.4, -0.2) is 45.2 Å². The minimum Gasteiger partial charge on any atom is -0.494 e. The number of halogens is 1. The van der Waals surface area contributed by atoms with Gasteiger partial charge < -0.3 is 15.4 Å². The summed E-state index contributed by atoms with van der Waals surface area (Å²) in [5.74, 6) is -0.229. The van der Waals surface area contributed by atoms with Crippen molar-refractivity contribution in [2.24, 2.45) is 0 Å². The molecule has 0 aliphatic heterocycles. The van der Waals surface area contributed by atoms with Gasteiger partial charge in [0.15, 0.2) is 10.9 Å². The molecule has 146 valence electrons. The van der Waals surface area contributed by atoms with Crippen LogP contribution < -0.4 is 15.4 Å². The van der Waals surface area contributed by atoms with Gasteiger partial charge in [0.05, 0.1) is 43.3 Å². The molecule has 0 saturated carbocycles. The number of hydrogen-bond acceptors (Lipinski definition) is 7. The van der Waals surface area contributed by atoms with Gasteiger partial charge in [0, 0.05) is 22.7 Å². The molecule has 0 aliphatic carbocycles. The number of ether oxygens (including phenoxy) is 1. The third-order valence-corrected chi connectivity index (χ3v) is 4.08. The molecule has 10 heteroatoms. The summed E-state index contributed by atoms with van der Waals surface area (Å²) in [5, 5.41) is 21.5. The first-order valence-corrected chi connectivity index (χ1v) is 8.75. The van der Waals surface area contributed by atoms with E-state index in [1.165, 1.54) is 13.2 Å². The largest absolute Gasteiger partial charge is 0.494 e. The van der Waals surface area contributed by atoms with Crippen LogP contribution in [0, 0.1) is 0 Å². The van der Waals surface area contributed by atoms with Crippen LogP contribution in [0.1, 0.15) is 16.7 Å². The molecule has 3 rings (SSSR count). The molecule has 9 nitrogen and oxygen atoms in total. The number of aryl methyl sites for hydroxylation is 1. The summed E-state index contributed by atoms with van der Waals surface area (Å²) in [4.78, 5) is 13.6. The number of methoxy groups -OCH3 is 1. The highest BCUT2D eigenvalue weighted by molar-refractivity contribution is 6.29. The smallest absolute Gasteiger partial charge is 0.225 e. The molecule has 0 unspecified atom stereocenters. The number of nitrogens with zero attached hydrogens (tertiary/aromatic N) is 5. The zero-order valence-corrected chi connectivity index (χ0v) is 16.0. The van der Waals surface area contributed by atoms with Crippen LogP contribution in [0.4, 0.5) is 11.4 Å². The number of aromatic nitrogens is 5. The highest BCUT2D eigenvalue weighted by Crippen LogP contribution is 2.37. The lowest BCUT2D eigenvalue weighted by Gasteiger charge is -2.15. The van der Waals surface area contributed by atoms with Crippen molar-refractivity contribution in [2.45, 2.75) is 19.9 Å². The zero-order chi connectivity index (χ0) is 22.6. The van der Waals surface area contributed by atoms with Gasteiger partial charge in [-0.2, -0.15) is 20.1 Å². The quantitative estimate of drug-likeness (QED) is 0.622. The Bertz CT molecular complexity index is 1090. The maximum Gasteiger partial charge on any atom is 0.225 e. The topological polar surface area (TPSA) is 107 Å². The van der Waals surface area contributed by atoms with Gasteiger partial charge in [0.2, 0.25) is 5.91 Å². The van der Waals surface area contributed by atoms with Gasteiger partial charge in [-0.05, 0) is 19.1 Å². The van der Waals surface area contributed by atoms with Crippen LogP contribution >= 0.6 is 11.6 Å². The van der Waals surface area contributed by atoms with E-state index in [4.69, 9.17) is 20.5 Å². The first-order chi connectivity index (χ1) is 14.7. The number of rotatable bonds is 7. The van der Waals surface area contributed by atoms with Crippen LogP contribution in [0.25, 0.3) is 11.3 Å². The molecule has 0 aliphatic rings. The van der Waals surface area contributed by atoms with E-state index in [0.29, 0.717) is 34.9 Å². The number of amides is 1. The molecule has 0 radical (unpaired) electrons. The number of carbonyl (C=O) groups is 1. The summed E-state index contributed by atoms with van der Waals surface area (Å²) in [5.41, 5.74) is 2.50. The summed E-state index contributed by atoms with van der Waals surface area (Å²) < 4.78 is 27.1. The Labute approximate surface area is 171 Å².